The van der Waals surface area contributed by atoms with Crippen molar-refractivity contribution in [2.75, 3.05) is 31.9 Å². The molecule has 1 aliphatic carbocycles. The average Bonchev–Trinajstić information content (AvgIpc) is 2.79. The Kier molecular flexibility index (Phi) is 5.56. The fraction of sp³-hybridized carbons (Fsp3) is 0.611. The second-order valence-corrected chi connectivity index (χ2v) is 8.85. The number of hydrogen-bond donors (Lipinski definition) is 0. The summed E-state index contributed by atoms with van der Waals surface area (Å²) in [7, 11) is -3.27. The molecule has 0 N–H and O–H groups in total. The van der Waals surface area contributed by atoms with Gasteiger partial charge in [-0.25, -0.2) is 12.7 Å². The van der Waals surface area contributed by atoms with E-state index in [9.17, 15) is 13.2 Å². The first-order valence-corrected chi connectivity index (χ1v) is 10.5. The third-order valence-electron chi connectivity index (χ3n) is 5.11. The van der Waals surface area contributed by atoms with Crippen LogP contribution in [-0.2, 0) is 21.2 Å². The van der Waals surface area contributed by atoms with Gasteiger partial charge in [-0.15, -0.1) is 0 Å². The van der Waals surface area contributed by atoms with Gasteiger partial charge < -0.3 is 4.90 Å². The highest BCUT2D eigenvalue weighted by Gasteiger charge is 2.32. The van der Waals surface area contributed by atoms with Gasteiger partial charge in [0.15, 0.2) is 0 Å². The molecule has 0 bridgehead atoms. The minimum atomic E-state index is -3.27. The molecule has 1 saturated heterocycles. The van der Waals surface area contributed by atoms with E-state index in [2.05, 4.69) is 0 Å². The van der Waals surface area contributed by atoms with Crippen LogP contribution < -0.4 is 0 Å². The van der Waals surface area contributed by atoms with Crippen molar-refractivity contribution in [3.8, 4) is 0 Å². The summed E-state index contributed by atoms with van der Waals surface area (Å²) in [5, 5.41) is 0. The highest BCUT2D eigenvalue weighted by molar-refractivity contribution is 7.89. The van der Waals surface area contributed by atoms with Gasteiger partial charge in [0.1, 0.15) is 0 Å². The maximum Gasteiger partial charge on any atom is 0.225 e. The molecule has 0 spiro atoms. The summed E-state index contributed by atoms with van der Waals surface area (Å²) in [5.74, 6) is 0.546. The van der Waals surface area contributed by atoms with Gasteiger partial charge in [-0.2, -0.15) is 0 Å². The summed E-state index contributed by atoms with van der Waals surface area (Å²) >= 11 is 0. The van der Waals surface area contributed by atoms with Gasteiger partial charge in [0, 0.05) is 32.1 Å². The SMILES string of the molecule is O=C(C1CCC1)N1CCCN(S(=O)(=O)CCc2ccccc2)CC1. The zero-order chi connectivity index (χ0) is 17.0. The van der Waals surface area contributed by atoms with Gasteiger partial charge in [0.2, 0.25) is 15.9 Å². The van der Waals surface area contributed by atoms with E-state index in [1.807, 2.05) is 35.2 Å². The lowest BCUT2D eigenvalue weighted by atomic mass is 9.84. The Labute approximate surface area is 144 Å². The Bertz CT molecular complexity index is 656. The molecule has 0 unspecified atom stereocenters. The van der Waals surface area contributed by atoms with Crippen molar-refractivity contribution >= 4 is 15.9 Å². The minimum Gasteiger partial charge on any atom is -0.341 e. The number of carbonyl (C=O) groups is 1. The van der Waals surface area contributed by atoms with E-state index in [-0.39, 0.29) is 17.6 Å². The highest BCUT2D eigenvalue weighted by atomic mass is 32.2. The molecule has 5 nitrogen and oxygen atoms in total. The molecule has 1 aliphatic heterocycles. The first-order valence-electron chi connectivity index (χ1n) is 8.87. The topological polar surface area (TPSA) is 57.7 Å². The lowest BCUT2D eigenvalue weighted by molar-refractivity contribution is -0.138. The average molecular weight is 350 g/mol. The first kappa shape index (κ1) is 17.4. The predicted molar refractivity (Wildman–Crippen MR) is 94.0 cm³/mol. The van der Waals surface area contributed by atoms with Crippen LogP contribution in [0.3, 0.4) is 0 Å². The Morgan fingerprint density at radius 3 is 2.42 bits per heavy atom. The first-order chi connectivity index (χ1) is 11.6. The molecule has 1 aromatic carbocycles. The quantitative estimate of drug-likeness (QED) is 0.815. The maximum atomic E-state index is 12.6. The fourth-order valence-corrected chi connectivity index (χ4v) is 4.85. The fourth-order valence-electron chi connectivity index (χ4n) is 3.33. The van der Waals surface area contributed by atoms with Gasteiger partial charge in [-0.3, -0.25) is 4.79 Å². The molecule has 1 heterocycles. The lowest BCUT2D eigenvalue weighted by Crippen LogP contribution is -2.42. The molecule has 2 fully saturated rings. The monoisotopic (exact) mass is 350 g/mol. The zero-order valence-electron chi connectivity index (χ0n) is 14.1. The van der Waals surface area contributed by atoms with Crippen molar-refractivity contribution in [3.05, 3.63) is 35.9 Å². The van der Waals surface area contributed by atoms with Crippen molar-refractivity contribution in [1.29, 1.82) is 0 Å². The van der Waals surface area contributed by atoms with E-state index in [4.69, 9.17) is 0 Å². The van der Waals surface area contributed by atoms with Crippen molar-refractivity contribution in [2.45, 2.75) is 32.1 Å². The maximum absolute atomic E-state index is 12.6. The second kappa shape index (κ2) is 7.66. The van der Waals surface area contributed by atoms with E-state index < -0.39 is 10.0 Å². The second-order valence-electron chi connectivity index (χ2n) is 6.76. The van der Waals surface area contributed by atoms with Gasteiger partial charge in [-0.1, -0.05) is 36.8 Å². The van der Waals surface area contributed by atoms with Crippen LogP contribution in [0.5, 0.6) is 0 Å². The number of rotatable bonds is 5. The minimum absolute atomic E-state index is 0.133. The number of nitrogens with zero attached hydrogens (tertiary/aromatic N) is 2. The van der Waals surface area contributed by atoms with Gasteiger partial charge in [0.25, 0.3) is 0 Å². The molecular formula is C18H26N2O3S. The van der Waals surface area contributed by atoms with E-state index in [0.29, 0.717) is 32.6 Å². The van der Waals surface area contributed by atoms with Gasteiger partial charge in [-0.05, 0) is 31.2 Å². The number of benzene rings is 1. The van der Waals surface area contributed by atoms with Crippen molar-refractivity contribution in [3.63, 3.8) is 0 Å². The zero-order valence-corrected chi connectivity index (χ0v) is 14.9. The molecule has 2 aliphatic rings. The molecule has 1 saturated carbocycles. The lowest BCUT2D eigenvalue weighted by Gasteiger charge is -2.31. The van der Waals surface area contributed by atoms with Crippen molar-refractivity contribution in [1.82, 2.24) is 9.21 Å². The summed E-state index contributed by atoms with van der Waals surface area (Å²) in [6, 6.07) is 9.70. The standard InChI is InChI=1S/C18H26N2O3S/c21-18(17-8-4-9-17)19-11-5-12-20(14-13-19)24(22,23)15-10-16-6-2-1-3-7-16/h1-3,6-7,17H,4-5,8-15H2. The van der Waals surface area contributed by atoms with E-state index in [1.165, 1.54) is 0 Å². The number of amides is 1. The number of sulfonamides is 1. The normalized spacial score (nSPS) is 20.4. The Balaban J connectivity index is 1.55. The predicted octanol–water partition coefficient (Wildman–Crippen LogP) is 1.89. The van der Waals surface area contributed by atoms with Gasteiger partial charge >= 0.3 is 0 Å². The molecule has 132 valence electrons. The Morgan fingerprint density at radius 2 is 1.75 bits per heavy atom. The molecule has 0 atom stereocenters. The third kappa shape index (κ3) is 4.16. The molecule has 0 aromatic heterocycles. The van der Waals surface area contributed by atoms with Gasteiger partial charge in [0.05, 0.1) is 5.75 Å². The van der Waals surface area contributed by atoms with Crippen LogP contribution in [0.2, 0.25) is 0 Å². The van der Waals surface area contributed by atoms with E-state index in [1.54, 1.807) is 4.31 Å². The highest BCUT2D eigenvalue weighted by Crippen LogP contribution is 2.28. The van der Waals surface area contributed by atoms with Crippen LogP contribution in [-0.4, -0.2) is 55.5 Å². The van der Waals surface area contributed by atoms with Crippen LogP contribution >= 0.6 is 0 Å². The van der Waals surface area contributed by atoms with Crippen molar-refractivity contribution < 1.29 is 13.2 Å². The molecular weight excluding hydrogens is 324 g/mol. The molecule has 24 heavy (non-hydrogen) atoms. The molecule has 1 amide bonds. The number of carbonyl (C=O) groups excluding carboxylic acids is 1. The Morgan fingerprint density at radius 1 is 1.00 bits per heavy atom. The summed E-state index contributed by atoms with van der Waals surface area (Å²) in [5.41, 5.74) is 1.04. The number of hydrogen-bond acceptors (Lipinski definition) is 3. The van der Waals surface area contributed by atoms with E-state index >= 15 is 0 Å². The van der Waals surface area contributed by atoms with Crippen LogP contribution in [0.15, 0.2) is 30.3 Å². The summed E-state index contributed by atoms with van der Waals surface area (Å²) in [6.45, 7) is 2.15. The number of aryl methyl sites for hydroxylation is 1. The van der Waals surface area contributed by atoms with Crippen molar-refractivity contribution in [2.24, 2.45) is 5.92 Å². The van der Waals surface area contributed by atoms with Crippen LogP contribution in [0.1, 0.15) is 31.2 Å². The summed E-state index contributed by atoms with van der Waals surface area (Å²) in [4.78, 5) is 14.2. The summed E-state index contributed by atoms with van der Waals surface area (Å²) < 4.78 is 26.8. The molecule has 0 radical (unpaired) electrons. The largest absolute Gasteiger partial charge is 0.341 e. The molecule has 1 aromatic rings. The van der Waals surface area contributed by atoms with Crippen LogP contribution in [0.25, 0.3) is 0 Å². The van der Waals surface area contributed by atoms with E-state index in [0.717, 1.165) is 31.2 Å². The third-order valence-corrected chi connectivity index (χ3v) is 6.98. The smallest absolute Gasteiger partial charge is 0.225 e. The molecule has 6 heteroatoms. The Hall–Kier alpha value is -1.40. The van der Waals surface area contributed by atoms with Crippen LogP contribution in [0.4, 0.5) is 0 Å². The van der Waals surface area contributed by atoms with Crippen LogP contribution in [0, 0.1) is 5.92 Å². The summed E-state index contributed by atoms with van der Waals surface area (Å²) in [6.07, 6.45) is 4.39. The molecule has 3 rings (SSSR count).